The molecule has 1 saturated heterocycles. The molecule has 0 aromatic rings. The van der Waals surface area contributed by atoms with Crippen LogP contribution in [0.5, 0.6) is 0 Å². The summed E-state index contributed by atoms with van der Waals surface area (Å²) in [6.07, 6.45) is 40.4. The highest BCUT2D eigenvalue weighted by molar-refractivity contribution is 7.46. The molecule has 1 fully saturated rings. The van der Waals surface area contributed by atoms with E-state index in [1.807, 2.05) is 6.08 Å². The summed E-state index contributed by atoms with van der Waals surface area (Å²) in [4.78, 5) is 42.8. The third-order valence-corrected chi connectivity index (χ3v) is 9.55. The standard InChI is InChI=1S/C41H73O9P/c1-3-5-7-9-11-12-13-14-15-16-17-18-21-25-29-33-40(42)47-35-37(36-48-51(44,45)46)49-41(43)34-30-26-22-19-20-24-28-32-39-38(50-39)31-27-23-10-8-6-4-2/h19,22-24,27-28,37-39H,3-18,20-21,25-26,29-36H2,1-2H3,(H2,44,45,46)/b22-19-,27-23-,28-24-/t37-,38?,39?/m1/s1. The molecule has 0 saturated carbocycles. The highest BCUT2D eigenvalue weighted by atomic mass is 31.2. The molecule has 2 N–H and O–H groups in total. The Morgan fingerprint density at radius 2 is 1.08 bits per heavy atom. The molecule has 0 bridgehead atoms. The maximum absolute atomic E-state index is 12.4. The highest BCUT2D eigenvalue weighted by Gasteiger charge is 2.36. The van der Waals surface area contributed by atoms with Crippen molar-refractivity contribution in [3.63, 3.8) is 0 Å². The van der Waals surface area contributed by atoms with E-state index in [0.29, 0.717) is 25.0 Å². The van der Waals surface area contributed by atoms with E-state index in [9.17, 15) is 14.2 Å². The van der Waals surface area contributed by atoms with E-state index < -0.39 is 32.5 Å². The maximum Gasteiger partial charge on any atom is 0.469 e. The number of rotatable bonds is 36. The molecule has 0 aliphatic carbocycles. The van der Waals surface area contributed by atoms with Gasteiger partial charge in [0, 0.05) is 12.8 Å². The van der Waals surface area contributed by atoms with Crippen LogP contribution in [0.1, 0.15) is 181 Å². The van der Waals surface area contributed by atoms with Gasteiger partial charge >= 0.3 is 19.8 Å². The van der Waals surface area contributed by atoms with E-state index in [2.05, 4.69) is 48.8 Å². The minimum atomic E-state index is -4.77. The lowest BCUT2D eigenvalue weighted by atomic mass is 10.0. The van der Waals surface area contributed by atoms with Crippen molar-refractivity contribution in [3.05, 3.63) is 36.5 Å². The third-order valence-electron chi connectivity index (χ3n) is 9.06. The first-order valence-electron chi connectivity index (χ1n) is 20.4. The molecular formula is C41H73O9P. The van der Waals surface area contributed by atoms with Crippen molar-refractivity contribution in [3.8, 4) is 0 Å². The molecule has 0 spiro atoms. The largest absolute Gasteiger partial charge is 0.469 e. The van der Waals surface area contributed by atoms with Crippen molar-refractivity contribution in [1.29, 1.82) is 0 Å². The SMILES string of the molecule is CCCCC/C=C\CC1OC1C/C=C\C/C=C\CCCC(=O)O[C@H](COC(=O)CCCCCCCCCCCCCCCCC)COP(=O)(O)O. The summed E-state index contributed by atoms with van der Waals surface area (Å²) in [7, 11) is -4.77. The van der Waals surface area contributed by atoms with Crippen LogP contribution in [-0.2, 0) is 32.9 Å². The van der Waals surface area contributed by atoms with Crippen molar-refractivity contribution in [2.45, 2.75) is 199 Å². The average Bonchev–Trinajstić information content (AvgIpc) is 3.85. The highest BCUT2D eigenvalue weighted by Crippen LogP contribution is 2.36. The molecule has 3 atom stereocenters. The summed E-state index contributed by atoms with van der Waals surface area (Å²) < 4.78 is 32.1. The van der Waals surface area contributed by atoms with Gasteiger partial charge in [-0.25, -0.2) is 4.57 Å². The van der Waals surface area contributed by atoms with Gasteiger partial charge in [0.15, 0.2) is 6.10 Å². The van der Waals surface area contributed by atoms with Crippen LogP contribution < -0.4 is 0 Å². The quantitative estimate of drug-likeness (QED) is 0.0212. The van der Waals surface area contributed by atoms with E-state index >= 15 is 0 Å². The van der Waals surface area contributed by atoms with Gasteiger partial charge in [0.1, 0.15) is 6.61 Å². The Kier molecular flexibility index (Phi) is 30.4. The molecule has 51 heavy (non-hydrogen) atoms. The predicted molar refractivity (Wildman–Crippen MR) is 206 cm³/mol. The monoisotopic (exact) mass is 740 g/mol. The van der Waals surface area contributed by atoms with Gasteiger partial charge in [-0.3, -0.25) is 14.1 Å². The number of carbonyl (C=O) groups is 2. The second-order valence-corrected chi connectivity index (χ2v) is 15.2. The minimum absolute atomic E-state index is 0.132. The van der Waals surface area contributed by atoms with Gasteiger partial charge in [-0.1, -0.05) is 153 Å². The fourth-order valence-corrected chi connectivity index (χ4v) is 6.24. The van der Waals surface area contributed by atoms with Gasteiger partial charge in [0.05, 0.1) is 18.8 Å². The van der Waals surface area contributed by atoms with Gasteiger partial charge in [-0.15, -0.1) is 0 Å². The Morgan fingerprint density at radius 3 is 1.67 bits per heavy atom. The van der Waals surface area contributed by atoms with Crippen LogP contribution in [0, 0.1) is 0 Å². The summed E-state index contributed by atoms with van der Waals surface area (Å²) in [5.74, 6) is -0.952. The van der Waals surface area contributed by atoms with Gasteiger partial charge in [-0.05, 0) is 51.4 Å². The predicted octanol–water partition coefficient (Wildman–Crippen LogP) is 11.2. The van der Waals surface area contributed by atoms with E-state index in [0.717, 1.165) is 44.9 Å². The Bertz CT molecular complexity index is 990. The number of allylic oxidation sites excluding steroid dienone is 4. The van der Waals surface area contributed by atoms with Gasteiger partial charge in [-0.2, -0.15) is 0 Å². The minimum Gasteiger partial charge on any atom is -0.462 e. The second kappa shape index (κ2) is 32.8. The molecule has 1 rings (SSSR count). The number of esters is 2. The van der Waals surface area contributed by atoms with Crippen molar-refractivity contribution in [1.82, 2.24) is 0 Å². The van der Waals surface area contributed by atoms with Crippen LogP contribution in [-0.4, -0.2) is 53.3 Å². The number of unbranched alkanes of at least 4 members (excludes halogenated alkanes) is 18. The molecule has 0 radical (unpaired) electrons. The summed E-state index contributed by atoms with van der Waals surface area (Å²) >= 11 is 0. The topological polar surface area (TPSA) is 132 Å². The average molecular weight is 741 g/mol. The number of epoxide rings is 1. The summed E-state index contributed by atoms with van der Waals surface area (Å²) in [5, 5.41) is 0. The summed E-state index contributed by atoms with van der Waals surface area (Å²) in [6.45, 7) is 3.61. The fraction of sp³-hybridized carbons (Fsp3) is 0.805. The van der Waals surface area contributed by atoms with E-state index in [4.69, 9.17) is 24.0 Å². The summed E-state index contributed by atoms with van der Waals surface area (Å²) in [6, 6.07) is 0. The van der Waals surface area contributed by atoms with Crippen molar-refractivity contribution in [2.75, 3.05) is 13.2 Å². The molecule has 296 valence electrons. The van der Waals surface area contributed by atoms with Crippen molar-refractivity contribution in [2.24, 2.45) is 0 Å². The van der Waals surface area contributed by atoms with Crippen LogP contribution in [0.3, 0.4) is 0 Å². The number of hydrogen-bond donors (Lipinski definition) is 2. The second-order valence-electron chi connectivity index (χ2n) is 14.0. The number of phosphoric ester groups is 1. The fourth-order valence-electron chi connectivity index (χ4n) is 5.88. The molecule has 0 aromatic heterocycles. The lowest BCUT2D eigenvalue weighted by Gasteiger charge is -2.18. The Hall–Kier alpha value is -1.77. The number of carbonyl (C=O) groups excluding carboxylic acids is 2. The molecule has 9 nitrogen and oxygen atoms in total. The van der Waals surface area contributed by atoms with Crippen LogP contribution in [0.4, 0.5) is 0 Å². The van der Waals surface area contributed by atoms with E-state index in [-0.39, 0.29) is 19.4 Å². The van der Waals surface area contributed by atoms with Crippen molar-refractivity contribution < 1.29 is 42.7 Å². The normalized spacial score (nSPS) is 16.8. The van der Waals surface area contributed by atoms with E-state index in [1.54, 1.807) is 0 Å². The maximum atomic E-state index is 12.4. The Morgan fingerprint density at radius 1 is 0.608 bits per heavy atom. The molecule has 1 heterocycles. The molecule has 0 amide bonds. The molecule has 10 heteroatoms. The first-order chi connectivity index (χ1) is 24.7. The lowest BCUT2D eigenvalue weighted by Crippen LogP contribution is -2.29. The van der Waals surface area contributed by atoms with Crippen LogP contribution >= 0.6 is 7.82 Å². The van der Waals surface area contributed by atoms with Crippen LogP contribution in [0.2, 0.25) is 0 Å². The van der Waals surface area contributed by atoms with Crippen LogP contribution in [0.15, 0.2) is 36.5 Å². The summed E-state index contributed by atoms with van der Waals surface area (Å²) in [5.41, 5.74) is 0. The van der Waals surface area contributed by atoms with E-state index in [1.165, 1.54) is 96.3 Å². The Balaban J connectivity index is 2.11. The zero-order valence-electron chi connectivity index (χ0n) is 32.2. The van der Waals surface area contributed by atoms with Crippen molar-refractivity contribution >= 4 is 19.8 Å². The van der Waals surface area contributed by atoms with Gasteiger partial charge in [0.25, 0.3) is 0 Å². The molecule has 1 aliphatic heterocycles. The first-order valence-corrected chi connectivity index (χ1v) is 21.9. The molecular weight excluding hydrogens is 667 g/mol. The van der Waals surface area contributed by atoms with Gasteiger partial charge in [0.2, 0.25) is 0 Å². The third kappa shape index (κ3) is 32.6. The molecule has 0 aromatic carbocycles. The van der Waals surface area contributed by atoms with Crippen LogP contribution in [0.25, 0.3) is 0 Å². The Labute approximate surface area is 310 Å². The lowest BCUT2D eigenvalue weighted by molar-refractivity contribution is -0.161. The van der Waals surface area contributed by atoms with Gasteiger partial charge < -0.3 is 24.0 Å². The zero-order chi connectivity index (χ0) is 37.3. The number of phosphoric acid groups is 1. The zero-order valence-corrected chi connectivity index (χ0v) is 33.1. The molecule has 1 aliphatic rings. The first kappa shape index (κ1) is 47.3. The number of hydrogen-bond acceptors (Lipinski definition) is 7. The molecule has 2 unspecified atom stereocenters. The smallest absolute Gasteiger partial charge is 0.462 e. The number of ether oxygens (including phenoxy) is 3.